The summed E-state index contributed by atoms with van der Waals surface area (Å²) in [5.41, 5.74) is 12.8. The van der Waals surface area contributed by atoms with E-state index in [2.05, 4.69) is 27.1 Å². The number of aryl methyl sites for hydroxylation is 2. The largest absolute Gasteiger partial charge is 0.490 e. The summed E-state index contributed by atoms with van der Waals surface area (Å²) < 4.78 is 31.7. The minimum atomic E-state index is -5.08. The Balaban J connectivity index is 0.000000493. The van der Waals surface area contributed by atoms with Gasteiger partial charge in [0.2, 0.25) is 0 Å². The molecule has 0 radical (unpaired) electrons. The smallest absolute Gasteiger partial charge is 0.475 e. The molecular formula is C29H29F3N6O3. The molecule has 0 bridgehead atoms. The lowest BCUT2D eigenvalue weighted by atomic mass is 9.86. The van der Waals surface area contributed by atoms with Gasteiger partial charge < -0.3 is 20.7 Å². The number of benzene rings is 1. The van der Waals surface area contributed by atoms with Crippen molar-refractivity contribution in [3.8, 4) is 17.5 Å². The van der Waals surface area contributed by atoms with Crippen LogP contribution in [0.4, 0.5) is 18.9 Å². The average molecular weight is 567 g/mol. The maximum atomic E-state index is 13.7. The second-order valence-electron chi connectivity index (χ2n) is 10.2. The number of alkyl halides is 3. The number of carboxylic acids is 1. The highest BCUT2D eigenvalue weighted by molar-refractivity contribution is 6.36. The molecule has 3 heterocycles. The number of carbonyl (C=O) groups is 2. The van der Waals surface area contributed by atoms with E-state index in [0.29, 0.717) is 29.6 Å². The highest BCUT2D eigenvalue weighted by Gasteiger charge is 2.38. The number of anilines is 1. The minimum Gasteiger partial charge on any atom is -0.475 e. The fourth-order valence-electron chi connectivity index (χ4n) is 5.05. The predicted molar refractivity (Wildman–Crippen MR) is 146 cm³/mol. The molecule has 0 atom stereocenters. The van der Waals surface area contributed by atoms with Crippen molar-refractivity contribution in [3.63, 3.8) is 0 Å². The Hall–Kier alpha value is -4.50. The van der Waals surface area contributed by atoms with Gasteiger partial charge in [0.05, 0.1) is 11.3 Å². The van der Waals surface area contributed by atoms with Gasteiger partial charge in [0, 0.05) is 41.3 Å². The van der Waals surface area contributed by atoms with Gasteiger partial charge in [-0.3, -0.25) is 4.79 Å². The molecule has 0 saturated heterocycles. The van der Waals surface area contributed by atoms with E-state index in [1.54, 1.807) is 12.3 Å². The van der Waals surface area contributed by atoms with Crippen LogP contribution < -0.4 is 10.6 Å². The number of carboxylic acid groups (broad SMARTS) is 1. The first-order valence-corrected chi connectivity index (χ1v) is 13.0. The summed E-state index contributed by atoms with van der Waals surface area (Å²) in [4.78, 5) is 36.6. The van der Waals surface area contributed by atoms with Crippen LogP contribution in [0.25, 0.3) is 23.0 Å². The minimum absolute atomic E-state index is 0.0142. The number of fused-ring (bicyclic) bond motifs is 1. The van der Waals surface area contributed by atoms with Gasteiger partial charge in [-0.15, -0.1) is 0 Å². The Bertz CT molecular complexity index is 1530. The molecule has 1 aromatic carbocycles. The van der Waals surface area contributed by atoms with E-state index in [1.165, 1.54) is 0 Å². The van der Waals surface area contributed by atoms with Crippen molar-refractivity contribution in [1.82, 2.24) is 15.0 Å². The number of amides is 1. The third kappa shape index (κ3) is 6.81. The van der Waals surface area contributed by atoms with Gasteiger partial charge in [-0.25, -0.2) is 14.8 Å². The van der Waals surface area contributed by atoms with Gasteiger partial charge >= 0.3 is 12.1 Å². The zero-order valence-corrected chi connectivity index (χ0v) is 22.5. The SMILES string of the molecule is Cc1cc(C)c(/C=C2\C(=O)N(CC3CCC(N)CC3)c3cc(-c4nccc(C#N)n4)ccc32)[nH]1.O=C(O)C(F)(F)F. The number of aromatic amines is 1. The summed E-state index contributed by atoms with van der Waals surface area (Å²) in [7, 11) is 0. The van der Waals surface area contributed by atoms with Crippen LogP contribution in [0.1, 0.15) is 53.9 Å². The summed E-state index contributed by atoms with van der Waals surface area (Å²) in [6.45, 7) is 4.73. The average Bonchev–Trinajstić information content (AvgIpc) is 3.39. The van der Waals surface area contributed by atoms with E-state index in [-0.39, 0.29) is 11.9 Å². The zero-order valence-electron chi connectivity index (χ0n) is 22.5. The Labute approximate surface area is 234 Å². The van der Waals surface area contributed by atoms with E-state index in [1.807, 2.05) is 43.0 Å². The van der Waals surface area contributed by atoms with Gasteiger partial charge in [-0.05, 0) is 75.3 Å². The van der Waals surface area contributed by atoms with Crippen LogP contribution in [0, 0.1) is 31.1 Å². The Kier molecular flexibility index (Phi) is 8.58. The number of rotatable bonds is 4. The van der Waals surface area contributed by atoms with Crippen molar-refractivity contribution in [1.29, 1.82) is 5.26 Å². The Morgan fingerprint density at radius 1 is 1.22 bits per heavy atom. The van der Waals surface area contributed by atoms with Crippen LogP contribution in [0.5, 0.6) is 0 Å². The molecule has 9 nitrogen and oxygen atoms in total. The molecule has 1 fully saturated rings. The number of aromatic nitrogens is 3. The molecule has 5 rings (SSSR count). The third-order valence-corrected chi connectivity index (χ3v) is 7.14. The summed E-state index contributed by atoms with van der Waals surface area (Å²) in [5.74, 6) is -1.84. The molecule has 41 heavy (non-hydrogen) atoms. The third-order valence-electron chi connectivity index (χ3n) is 7.14. The van der Waals surface area contributed by atoms with E-state index in [4.69, 9.17) is 15.6 Å². The van der Waals surface area contributed by atoms with Crippen LogP contribution in [0.15, 0.2) is 36.5 Å². The molecule has 1 amide bonds. The topological polar surface area (TPSA) is 149 Å². The van der Waals surface area contributed by atoms with E-state index in [9.17, 15) is 23.2 Å². The van der Waals surface area contributed by atoms with Crippen molar-refractivity contribution in [2.45, 2.75) is 51.7 Å². The summed E-state index contributed by atoms with van der Waals surface area (Å²) in [6.07, 6.45) is 2.52. The van der Waals surface area contributed by atoms with Crippen LogP contribution >= 0.6 is 0 Å². The standard InChI is InChI=1S/C27H28N6O.C2HF3O2/c1-16-11-17(2)31-24(16)13-23-22-8-5-19(26-30-10-9-21(14-28)32-26)12-25(22)33(27(23)34)15-18-3-6-20(29)7-4-18;3-2(4,5)1(6)7/h5,8-13,18,20,31H,3-4,6-7,15,29H2,1-2H3;(H,6,7)/b23-13-;. The molecule has 2 aromatic heterocycles. The molecule has 1 saturated carbocycles. The molecule has 4 N–H and O–H groups in total. The lowest BCUT2D eigenvalue weighted by Gasteiger charge is -2.30. The number of nitrogens with one attached hydrogen (secondary N) is 1. The molecule has 3 aromatic rings. The first-order valence-electron chi connectivity index (χ1n) is 13.0. The number of aliphatic carboxylic acids is 1. The van der Waals surface area contributed by atoms with Crippen molar-refractivity contribution in [2.75, 3.05) is 11.4 Å². The van der Waals surface area contributed by atoms with Crippen LogP contribution in [-0.2, 0) is 9.59 Å². The van der Waals surface area contributed by atoms with E-state index in [0.717, 1.165) is 59.4 Å². The Morgan fingerprint density at radius 3 is 2.49 bits per heavy atom. The molecule has 1 aliphatic heterocycles. The van der Waals surface area contributed by atoms with Gasteiger partial charge in [0.15, 0.2) is 5.82 Å². The second kappa shape index (κ2) is 11.9. The fraction of sp³-hybridized carbons (Fsp3) is 0.345. The molecular weight excluding hydrogens is 537 g/mol. The number of hydrogen-bond acceptors (Lipinski definition) is 6. The van der Waals surface area contributed by atoms with Gasteiger partial charge in [0.1, 0.15) is 11.8 Å². The zero-order chi connectivity index (χ0) is 29.9. The van der Waals surface area contributed by atoms with Gasteiger partial charge in [-0.2, -0.15) is 18.4 Å². The molecule has 0 spiro atoms. The van der Waals surface area contributed by atoms with Crippen LogP contribution in [0.2, 0.25) is 0 Å². The van der Waals surface area contributed by atoms with Crippen molar-refractivity contribution >= 4 is 29.2 Å². The maximum absolute atomic E-state index is 13.7. The van der Waals surface area contributed by atoms with Crippen molar-refractivity contribution in [2.24, 2.45) is 11.7 Å². The van der Waals surface area contributed by atoms with Gasteiger partial charge in [-0.1, -0.05) is 12.1 Å². The second-order valence-corrected chi connectivity index (χ2v) is 10.2. The number of nitrogens with zero attached hydrogens (tertiary/aromatic N) is 4. The normalized spacial score (nSPS) is 19.4. The van der Waals surface area contributed by atoms with Crippen LogP contribution in [0.3, 0.4) is 0 Å². The lowest BCUT2D eigenvalue weighted by Crippen LogP contribution is -2.36. The number of nitriles is 1. The number of H-pyrrole nitrogens is 1. The summed E-state index contributed by atoms with van der Waals surface area (Å²) in [6, 6.07) is 11.9. The lowest BCUT2D eigenvalue weighted by molar-refractivity contribution is -0.192. The Morgan fingerprint density at radius 2 is 1.90 bits per heavy atom. The van der Waals surface area contributed by atoms with Crippen LogP contribution in [-0.4, -0.2) is 50.7 Å². The number of nitrogens with two attached hydrogens (primary N) is 1. The van der Waals surface area contributed by atoms with Crippen molar-refractivity contribution < 1.29 is 27.9 Å². The monoisotopic (exact) mass is 566 g/mol. The maximum Gasteiger partial charge on any atom is 0.490 e. The predicted octanol–water partition coefficient (Wildman–Crippen LogP) is 5.00. The van der Waals surface area contributed by atoms with Gasteiger partial charge in [0.25, 0.3) is 5.91 Å². The highest BCUT2D eigenvalue weighted by atomic mass is 19.4. The fourth-order valence-corrected chi connectivity index (χ4v) is 5.05. The summed E-state index contributed by atoms with van der Waals surface area (Å²) in [5, 5.41) is 16.4. The molecule has 1 aliphatic carbocycles. The first kappa shape index (κ1) is 29.5. The number of halogens is 3. The molecule has 12 heteroatoms. The summed E-state index contributed by atoms with van der Waals surface area (Å²) >= 11 is 0. The highest BCUT2D eigenvalue weighted by Crippen LogP contribution is 2.41. The van der Waals surface area contributed by atoms with E-state index >= 15 is 0 Å². The number of carbonyl (C=O) groups excluding carboxylic acids is 1. The molecule has 214 valence electrons. The van der Waals surface area contributed by atoms with E-state index < -0.39 is 12.1 Å². The quantitative estimate of drug-likeness (QED) is 0.376. The first-order chi connectivity index (χ1) is 19.4. The molecule has 0 unspecified atom stereocenters. The number of hydrogen-bond donors (Lipinski definition) is 3. The van der Waals surface area contributed by atoms with Crippen molar-refractivity contribution in [3.05, 3.63) is 64.7 Å². The molecule has 2 aliphatic rings.